The fourth-order valence-corrected chi connectivity index (χ4v) is 6.62. The molecule has 0 aliphatic carbocycles. The molecule has 2 saturated heterocycles. The van der Waals surface area contributed by atoms with E-state index in [4.69, 9.17) is 18.5 Å². The number of aromatic amines is 2. The monoisotopic (exact) mass is 728 g/mol. The van der Waals surface area contributed by atoms with Gasteiger partial charge in [-0.1, -0.05) is 27.7 Å². The van der Waals surface area contributed by atoms with Crippen molar-refractivity contribution in [1.29, 1.82) is 0 Å². The van der Waals surface area contributed by atoms with E-state index in [1.165, 1.54) is 9.13 Å². The number of aromatic nitrogens is 8. The molecule has 6 N–H and O–H groups in total. The summed E-state index contributed by atoms with van der Waals surface area (Å²) in [7, 11) is -3.82. The van der Waals surface area contributed by atoms with Crippen molar-refractivity contribution in [2.75, 3.05) is 36.9 Å². The zero-order chi connectivity index (χ0) is 35.9. The van der Waals surface area contributed by atoms with Gasteiger partial charge in [0.05, 0.1) is 25.9 Å². The minimum absolute atomic E-state index is 0.0134. The summed E-state index contributed by atoms with van der Waals surface area (Å²) in [5.41, 5.74) is -1.40. The number of imidazole rings is 2. The van der Waals surface area contributed by atoms with Crippen molar-refractivity contribution in [2.24, 2.45) is 11.8 Å². The van der Waals surface area contributed by atoms with Crippen LogP contribution >= 0.6 is 8.25 Å². The summed E-state index contributed by atoms with van der Waals surface area (Å²) >= 11 is 0. The number of nitrogens with one attached hydrogen (secondary N) is 4. The lowest BCUT2D eigenvalue weighted by molar-refractivity contribution is -0.0540. The first kappa shape index (κ1) is 36.0. The van der Waals surface area contributed by atoms with E-state index in [9.17, 15) is 24.4 Å². The molecule has 0 aromatic carbocycles. The Morgan fingerprint density at radius 2 is 1.22 bits per heavy atom. The van der Waals surface area contributed by atoms with E-state index in [1.54, 1.807) is 0 Å². The molecule has 0 unspecified atom stereocenters. The third-order valence-corrected chi connectivity index (χ3v) is 9.05. The topological polar surface area (TPSA) is 246 Å². The second kappa shape index (κ2) is 14.8. The Balaban J connectivity index is 1.27. The van der Waals surface area contributed by atoms with Crippen LogP contribution in [0.2, 0.25) is 0 Å². The molecule has 19 nitrogen and oxygen atoms in total. The van der Waals surface area contributed by atoms with E-state index in [-0.39, 0.29) is 46.1 Å². The molecule has 2 fully saturated rings. The second-order valence-corrected chi connectivity index (χ2v) is 13.8. The van der Waals surface area contributed by atoms with E-state index in [1.807, 2.05) is 27.7 Å². The van der Waals surface area contributed by atoms with Crippen LogP contribution in [0, 0.1) is 11.8 Å². The number of ether oxygens (including phenoxy) is 2. The number of H-pyrrole nitrogens is 2. The number of alkyl halides is 2. The van der Waals surface area contributed by atoms with Gasteiger partial charge < -0.3 is 30.3 Å². The predicted octanol–water partition coefficient (Wildman–Crippen LogP) is 1.00. The summed E-state index contributed by atoms with van der Waals surface area (Å²) in [6.45, 7) is 7.21. The zero-order valence-corrected chi connectivity index (χ0v) is 28.4. The van der Waals surface area contributed by atoms with Gasteiger partial charge in [-0.2, -0.15) is 9.97 Å². The third kappa shape index (κ3) is 7.03. The van der Waals surface area contributed by atoms with Crippen LogP contribution in [-0.2, 0) is 23.1 Å². The maximum Gasteiger partial charge on any atom is 0.320 e. The molecule has 0 saturated carbocycles. The molecule has 0 bridgehead atoms. The molecule has 22 heteroatoms. The number of halogens is 2. The Labute approximate surface area is 282 Å². The number of nitrogens with zero attached hydrogens (tertiary/aromatic N) is 6. The molecule has 0 spiro atoms. The number of aliphatic hydroxyl groups is 2. The lowest BCUT2D eigenvalue weighted by atomic mass is 10.1. The molecular formula is C28H39F2N10O9P. The second-order valence-electron chi connectivity index (χ2n) is 12.8. The van der Waals surface area contributed by atoms with Crippen LogP contribution in [0.25, 0.3) is 22.3 Å². The van der Waals surface area contributed by atoms with Crippen LogP contribution in [0.15, 0.2) is 22.2 Å². The minimum atomic E-state index is -3.82. The number of aliphatic hydroxyl groups excluding tert-OH is 2. The maximum atomic E-state index is 15.7. The molecule has 0 radical (unpaired) electrons. The molecule has 274 valence electrons. The summed E-state index contributed by atoms with van der Waals surface area (Å²) in [5, 5.41) is 25.6. The molecular weight excluding hydrogens is 689 g/mol. The first-order chi connectivity index (χ1) is 23.9. The van der Waals surface area contributed by atoms with Crippen LogP contribution < -0.4 is 21.8 Å². The summed E-state index contributed by atoms with van der Waals surface area (Å²) in [4.78, 5) is 47.5. The Morgan fingerprint density at radius 1 is 0.820 bits per heavy atom. The summed E-state index contributed by atoms with van der Waals surface area (Å²) < 4.78 is 69.8. The lowest BCUT2D eigenvalue weighted by Crippen LogP contribution is -2.33. The van der Waals surface area contributed by atoms with E-state index >= 15 is 8.78 Å². The van der Waals surface area contributed by atoms with Crippen molar-refractivity contribution in [3.05, 3.63) is 33.4 Å². The molecule has 0 amide bonds. The molecule has 50 heavy (non-hydrogen) atoms. The van der Waals surface area contributed by atoms with Crippen molar-refractivity contribution in [3.63, 3.8) is 0 Å². The van der Waals surface area contributed by atoms with Crippen molar-refractivity contribution < 1.29 is 42.1 Å². The van der Waals surface area contributed by atoms with Crippen LogP contribution in [0.3, 0.4) is 0 Å². The third-order valence-electron chi connectivity index (χ3n) is 8.12. The van der Waals surface area contributed by atoms with Gasteiger partial charge in [-0.05, 0) is 11.8 Å². The standard InChI is InChI=1S/C28H39F2N10O9P/c1-11(2)5-31-27-35-21-17(23(43)37-27)33-9-39(21)25-19(15(29)13(7-41)46-25)48-50(45)49-20-16(30)14(8-42)47-26(20)40-10-34-18-22(40)36-28(38-24(18)44)32-6-12(3)4/h9-16,19-20,25-26,41-42,50H,5-8H2,1-4H3,(H2,31,35,37,43)(H2,32,36,38,44)/t13-,14-,15-,16-,19-,20-,25-,26-/m1/s1. The Morgan fingerprint density at radius 3 is 1.58 bits per heavy atom. The largest absolute Gasteiger partial charge is 0.394 e. The average molecular weight is 729 g/mol. The first-order valence-electron chi connectivity index (χ1n) is 16.0. The zero-order valence-electron chi connectivity index (χ0n) is 27.4. The molecule has 2 aliphatic rings. The lowest BCUT2D eigenvalue weighted by Gasteiger charge is -2.24. The molecule has 6 rings (SSSR count). The summed E-state index contributed by atoms with van der Waals surface area (Å²) in [6, 6.07) is 0. The van der Waals surface area contributed by atoms with E-state index in [0.29, 0.717) is 13.1 Å². The fourth-order valence-electron chi connectivity index (χ4n) is 5.63. The number of hydrogen-bond acceptors (Lipinski definition) is 15. The molecule has 2 aliphatic heterocycles. The van der Waals surface area contributed by atoms with Gasteiger partial charge in [0.2, 0.25) is 11.9 Å². The van der Waals surface area contributed by atoms with Gasteiger partial charge in [0.15, 0.2) is 47.1 Å². The SMILES string of the molecule is CC(C)CNc1nc2c(ncn2[C@@H]2O[C@H](CO)[C@@H](F)[C@H]2O[PH](=O)O[C@@H]2[C@H](F)[C@@H](CO)O[C@H]2n2cnc3c(=O)[nH]c(NCC(C)C)nc32)c(=O)[nH]1. The van der Waals surface area contributed by atoms with Crippen LogP contribution in [0.4, 0.5) is 20.7 Å². The van der Waals surface area contributed by atoms with Crippen molar-refractivity contribution in [1.82, 2.24) is 39.0 Å². The highest BCUT2D eigenvalue weighted by molar-refractivity contribution is 7.33. The van der Waals surface area contributed by atoms with Gasteiger partial charge in [0.1, 0.15) is 24.4 Å². The van der Waals surface area contributed by atoms with Crippen LogP contribution in [0.5, 0.6) is 0 Å². The minimum Gasteiger partial charge on any atom is -0.394 e. The summed E-state index contributed by atoms with van der Waals surface area (Å²) in [6.07, 6.45) is -11.0. The fraction of sp³-hybridized carbons (Fsp3) is 0.643. The van der Waals surface area contributed by atoms with E-state index < -0.39 is 81.8 Å². The number of anilines is 2. The van der Waals surface area contributed by atoms with Crippen molar-refractivity contribution >= 4 is 42.5 Å². The normalized spacial score (nSPS) is 27.6. The molecule has 4 aromatic heterocycles. The van der Waals surface area contributed by atoms with Gasteiger partial charge in [-0.3, -0.25) is 42.3 Å². The van der Waals surface area contributed by atoms with Gasteiger partial charge in [0.25, 0.3) is 11.1 Å². The number of hydrogen-bond donors (Lipinski definition) is 6. The number of rotatable bonds is 14. The number of fused-ring (bicyclic) bond motifs is 2. The molecule has 4 aromatic rings. The van der Waals surface area contributed by atoms with Gasteiger partial charge in [-0.25, -0.2) is 18.7 Å². The molecule has 8 atom stereocenters. The maximum absolute atomic E-state index is 15.7. The van der Waals surface area contributed by atoms with Gasteiger partial charge in [0, 0.05) is 13.1 Å². The van der Waals surface area contributed by atoms with Gasteiger partial charge >= 0.3 is 8.25 Å². The van der Waals surface area contributed by atoms with Crippen molar-refractivity contribution in [2.45, 2.75) is 76.9 Å². The van der Waals surface area contributed by atoms with E-state index in [0.717, 1.165) is 12.7 Å². The van der Waals surface area contributed by atoms with E-state index in [2.05, 4.69) is 40.5 Å². The first-order valence-corrected chi connectivity index (χ1v) is 17.2. The van der Waals surface area contributed by atoms with Crippen molar-refractivity contribution in [3.8, 4) is 0 Å². The Bertz CT molecular complexity index is 1820. The smallest absolute Gasteiger partial charge is 0.320 e. The Hall–Kier alpha value is -3.85. The van der Waals surface area contributed by atoms with Gasteiger partial charge in [-0.15, -0.1) is 0 Å². The summed E-state index contributed by atoms with van der Waals surface area (Å²) in [5.74, 6) is 0.659. The van der Waals surface area contributed by atoms with Crippen LogP contribution in [-0.4, -0.2) is 112 Å². The highest BCUT2D eigenvalue weighted by atomic mass is 31.1. The highest BCUT2D eigenvalue weighted by Gasteiger charge is 2.51. The Kier molecular flexibility index (Phi) is 10.6. The highest BCUT2D eigenvalue weighted by Crippen LogP contribution is 2.45. The van der Waals surface area contributed by atoms with Crippen LogP contribution in [0.1, 0.15) is 40.2 Å². The average Bonchev–Trinajstić information content (AvgIpc) is 3.84. The molecule has 6 heterocycles. The predicted molar refractivity (Wildman–Crippen MR) is 173 cm³/mol. The quantitative estimate of drug-likeness (QED) is 0.0992.